The molecule has 0 aromatic heterocycles. The maximum Gasteiger partial charge on any atom is 0.414 e. The van der Waals surface area contributed by atoms with Crippen molar-refractivity contribution < 1.29 is 28.6 Å². The van der Waals surface area contributed by atoms with Crippen LogP contribution in [0.5, 0.6) is 5.75 Å². The van der Waals surface area contributed by atoms with Gasteiger partial charge < -0.3 is 24.8 Å². The second kappa shape index (κ2) is 8.99. The Morgan fingerprint density at radius 1 is 1.23 bits per heavy atom. The first-order valence-corrected chi connectivity index (χ1v) is 10.2. The summed E-state index contributed by atoms with van der Waals surface area (Å²) in [6.45, 7) is 2.47. The quantitative estimate of drug-likeness (QED) is 0.729. The van der Waals surface area contributed by atoms with Crippen molar-refractivity contribution in [3.63, 3.8) is 0 Å². The van der Waals surface area contributed by atoms with Gasteiger partial charge in [-0.1, -0.05) is 11.6 Å². The molecule has 2 fully saturated rings. The zero-order chi connectivity index (χ0) is 22.0. The van der Waals surface area contributed by atoms with Gasteiger partial charge in [-0.05, 0) is 36.4 Å². The molecule has 0 unspecified atom stereocenters. The zero-order valence-electron chi connectivity index (χ0n) is 16.5. The molecule has 0 aliphatic carbocycles. The highest BCUT2D eigenvalue weighted by Crippen LogP contribution is 2.28. The maximum absolute atomic E-state index is 14.7. The standard InChI is InChI=1S/C21H21ClFN3O5/c22-13-1-4-19(27)16(9-13)20(28)24-11-15-12-26(21(29)31-15)14-2-3-18(17(23)10-14)25-5-7-30-8-6-25/h1-4,9-10,15,27H,5-8,11-12H2,(H,24,28)/t15-/m0/s1. The van der Waals surface area contributed by atoms with Crippen molar-refractivity contribution in [1.82, 2.24) is 5.32 Å². The molecule has 4 rings (SSSR count). The average molecular weight is 450 g/mol. The molecule has 1 atom stereocenters. The summed E-state index contributed by atoms with van der Waals surface area (Å²) < 4.78 is 25.2. The van der Waals surface area contributed by atoms with Gasteiger partial charge in [0, 0.05) is 18.1 Å². The number of phenolic OH excluding ortho intramolecular Hbond substituents is 1. The van der Waals surface area contributed by atoms with Crippen LogP contribution >= 0.6 is 11.6 Å². The molecule has 0 bridgehead atoms. The highest BCUT2D eigenvalue weighted by Gasteiger charge is 2.33. The highest BCUT2D eigenvalue weighted by molar-refractivity contribution is 6.31. The van der Waals surface area contributed by atoms with Crippen molar-refractivity contribution in [1.29, 1.82) is 0 Å². The number of carbonyl (C=O) groups is 2. The number of morpholine rings is 1. The Balaban J connectivity index is 1.38. The molecule has 2 aliphatic rings. The molecule has 0 saturated carbocycles. The Morgan fingerprint density at radius 3 is 2.74 bits per heavy atom. The van der Waals surface area contributed by atoms with E-state index in [1.54, 1.807) is 12.1 Å². The van der Waals surface area contributed by atoms with Crippen LogP contribution in [-0.4, -0.2) is 62.6 Å². The summed E-state index contributed by atoms with van der Waals surface area (Å²) in [5.74, 6) is -1.18. The highest BCUT2D eigenvalue weighted by atomic mass is 35.5. The van der Waals surface area contributed by atoms with E-state index >= 15 is 0 Å². The molecular weight excluding hydrogens is 429 g/mol. The summed E-state index contributed by atoms with van der Waals surface area (Å²) in [5.41, 5.74) is 0.861. The van der Waals surface area contributed by atoms with Crippen LogP contribution in [0.3, 0.4) is 0 Å². The Hall–Kier alpha value is -3.04. The number of hydrogen-bond acceptors (Lipinski definition) is 6. The number of nitrogens with one attached hydrogen (secondary N) is 1. The van der Waals surface area contributed by atoms with Gasteiger partial charge >= 0.3 is 6.09 Å². The SMILES string of the molecule is O=C(NC[C@H]1CN(c2ccc(N3CCOCC3)c(F)c2)C(=O)O1)c1cc(Cl)ccc1O. The van der Waals surface area contributed by atoms with Gasteiger partial charge in [0.2, 0.25) is 0 Å². The summed E-state index contributed by atoms with van der Waals surface area (Å²) in [6, 6.07) is 8.74. The van der Waals surface area contributed by atoms with Gasteiger partial charge in [-0.25, -0.2) is 9.18 Å². The second-order valence-corrected chi connectivity index (χ2v) is 7.66. The normalized spacial score (nSPS) is 18.8. The van der Waals surface area contributed by atoms with Gasteiger partial charge in [-0.2, -0.15) is 0 Å². The van der Waals surface area contributed by atoms with E-state index in [9.17, 15) is 19.1 Å². The summed E-state index contributed by atoms with van der Waals surface area (Å²) in [6.07, 6.45) is -1.25. The third-order valence-electron chi connectivity index (χ3n) is 5.16. The maximum atomic E-state index is 14.7. The molecule has 0 radical (unpaired) electrons. The Bertz CT molecular complexity index is 999. The molecule has 2 aliphatic heterocycles. The summed E-state index contributed by atoms with van der Waals surface area (Å²) >= 11 is 5.86. The van der Waals surface area contributed by atoms with Crippen LogP contribution in [0.25, 0.3) is 0 Å². The first-order chi connectivity index (χ1) is 14.9. The second-order valence-electron chi connectivity index (χ2n) is 7.22. The van der Waals surface area contributed by atoms with E-state index in [0.29, 0.717) is 42.7 Å². The monoisotopic (exact) mass is 449 g/mol. The molecule has 0 spiro atoms. The van der Waals surface area contributed by atoms with Gasteiger partial charge in [0.25, 0.3) is 5.91 Å². The minimum Gasteiger partial charge on any atom is -0.507 e. The molecule has 2 amide bonds. The van der Waals surface area contributed by atoms with Crippen molar-refractivity contribution in [2.45, 2.75) is 6.10 Å². The fourth-order valence-corrected chi connectivity index (χ4v) is 3.73. The zero-order valence-corrected chi connectivity index (χ0v) is 17.3. The molecule has 2 aromatic carbocycles. The van der Waals surface area contributed by atoms with E-state index in [-0.39, 0.29) is 24.4 Å². The fourth-order valence-electron chi connectivity index (χ4n) is 3.55. The molecule has 164 valence electrons. The summed E-state index contributed by atoms with van der Waals surface area (Å²) in [5, 5.41) is 12.7. The number of hydrogen-bond donors (Lipinski definition) is 2. The van der Waals surface area contributed by atoms with Crippen LogP contribution in [0.1, 0.15) is 10.4 Å². The van der Waals surface area contributed by atoms with E-state index in [1.807, 2.05) is 4.90 Å². The first-order valence-electron chi connectivity index (χ1n) is 9.79. The van der Waals surface area contributed by atoms with Crippen LogP contribution < -0.4 is 15.1 Å². The molecule has 2 heterocycles. The Morgan fingerprint density at radius 2 is 2.00 bits per heavy atom. The number of cyclic esters (lactones) is 1. The van der Waals surface area contributed by atoms with Gasteiger partial charge in [0.1, 0.15) is 17.7 Å². The Kier molecular flexibility index (Phi) is 6.15. The lowest BCUT2D eigenvalue weighted by Gasteiger charge is -2.29. The number of rotatable bonds is 5. The summed E-state index contributed by atoms with van der Waals surface area (Å²) in [7, 11) is 0. The predicted octanol–water partition coefficient (Wildman–Crippen LogP) is 2.78. The van der Waals surface area contributed by atoms with Crippen LogP contribution in [0.2, 0.25) is 5.02 Å². The van der Waals surface area contributed by atoms with E-state index in [0.717, 1.165) is 0 Å². The number of anilines is 2. The third kappa shape index (κ3) is 4.67. The van der Waals surface area contributed by atoms with Gasteiger partial charge in [0.15, 0.2) is 0 Å². The third-order valence-corrected chi connectivity index (χ3v) is 5.40. The van der Waals surface area contributed by atoms with Crippen molar-refractivity contribution >= 4 is 35.0 Å². The van der Waals surface area contributed by atoms with Gasteiger partial charge in [-0.15, -0.1) is 0 Å². The number of carbonyl (C=O) groups excluding carboxylic acids is 2. The number of halogens is 2. The number of nitrogens with zero attached hydrogens (tertiary/aromatic N) is 2. The number of benzene rings is 2. The molecular formula is C21H21ClFN3O5. The van der Waals surface area contributed by atoms with Crippen molar-refractivity contribution in [3.8, 4) is 5.75 Å². The lowest BCUT2D eigenvalue weighted by Crippen LogP contribution is -2.37. The minimum atomic E-state index is -0.625. The van der Waals surface area contributed by atoms with Gasteiger partial charge in [-0.3, -0.25) is 9.69 Å². The molecule has 8 nitrogen and oxygen atoms in total. The molecule has 10 heteroatoms. The first kappa shape index (κ1) is 21.2. The van der Waals surface area contributed by atoms with E-state index < -0.39 is 23.9 Å². The van der Waals surface area contributed by atoms with Crippen molar-refractivity contribution in [2.24, 2.45) is 0 Å². The smallest absolute Gasteiger partial charge is 0.414 e. The molecule has 2 N–H and O–H groups in total. The van der Waals surface area contributed by atoms with E-state index in [2.05, 4.69) is 5.32 Å². The van der Waals surface area contributed by atoms with E-state index in [4.69, 9.17) is 21.1 Å². The van der Waals surface area contributed by atoms with Crippen LogP contribution in [0.15, 0.2) is 36.4 Å². The lowest BCUT2D eigenvalue weighted by molar-refractivity contribution is 0.0913. The number of aromatic hydroxyl groups is 1. The topological polar surface area (TPSA) is 91.3 Å². The predicted molar refractivity (Wildman–Crippen MR) is 112 cm³/mol. The fraction of sp³-hybridized carbons (Fsp3) is 0.333. The van der Waals surface area contributed by atoms with Crippen molar-refractivity contribution in [3.05, 3.63) is 52.8 Å². The minimum absolute atomic E-state index is 0.0226. The molecule has 2 aromatic rings. The van der Waals surface area contributed by atoms with E-state index in [1.165, 1.54) is 29.2 Å². The molecule has 31 heavy (non-hydrogen) atoms. The van der Waals surface area contributed by atoms with Crippen molar-refractivity contribution in [2.75, 3.05) is 49.2 Å². The number of phenols is 1. The van der Waals surface area contributed by atoms with Crippen LogP contribution in [0.4, 0.5) is 20.6 Å². The number of ether oxygens (including phenoxy) is 2. The summed E-state index contributed by atoms with van der Waals surface area (Å²) in [4.78, 5) is 27.8. The average Bonchev–Trinajstić information content (AvgIpc) is 3.14. The lowest BCUT2D eigenvalue weighted by atomic mass is 10.2. The van der Waals surface area contributed by atoms with Crippen LogP contribution in [0, 0.1) is 5.82 Å². The van der Waals surface area contributed by atoms with Crippen LogP contribution in [-0.2, 0) is 9.47 Å². The number of amides is 2. The molecule has 2 saturated heterocycles. The van der Waals surface area contributed by atoms with Gasteiger partial charge in [0.05, 0.1) is 43.2 Å². The largest absolute Gasteiger partial charge is 0.507 e. The Labute approximate surface area is 183 Å².